The molecule has 1 aromatic carbocycles. The molecule has 0 bridgehead atoms. The summed E-state index contributed by atoms with van der Waals surface area (Å²) in [5.74, 6) is -0.607. The van der Waals surface area contributed by atoms with Crippen LogP contribution in [0.15, 0.2) is 24.3 Å². The molecule has 1 heterocycles. The number of piperidine rings is 1. The molecule has 0 amide bonds. The molecule has 1 aliphatic rings. The van der Waals surface area contributed by atoms with Crippen molar-refractivity contribution >= 4 is 16.2 Å². The van der Waals surface area contributed by atoms with Crippen molar-refractivity contribution in [3.63, 3.8) is 0 Å². The van der Waals surface area contributed by atoms with E-state index in [9.17, 15) is 22.0 Å². The summed E-state index contributed by atoms with van der Waals surface area (Å²) in [5, 5.41) is 0. The molecule has 2 rings (SSSR count). The highest BCUT2D eigenvalue weighted by molar-refractivity contribution is 7.87. The van der Waals surface area contributed by atoms with Crippen molar-refractivity contribution < 1.29 is 31.5 Å². The molecule has 1 aliphatic heterocycles. The van der Waals surface area contributed by atoms with Gasteiger partial charge in [0.05, 0.1) is 13.0 Å². The van der Waals surface area contributed by atoms with Crippen LogP contribution in [0.4, 0.5) is 8.78 Å². The highest BCUT2D eigenvalue weighted by Crippen LogP contribution is 2.23. The number of nitrogens with zero attached hydrogens (tertiary/aromatic N) is 1. The zero-order valence-electron chi connectivity index (χ0n) is 14.5. The van der Waals surface area contributed by atoms with Gasteiger partial charge in [0.15, 0.2) is 0 Å². The lowest BCUT2D eigenvalue weighted by Crippen LogP contribution is -2.46. The Morgan fingerprint density at radius 1 is 1.23 bits per heavy atom. The summed E-state index contributed by atoms with van der Waals surface area (Å²) in [5.41, 5.74) is 0.611. The highest BCUT2D eigenvalue weighted by Gasteiger charge is 2.32. The fourth-order valence-corrected chi connectivity index (χ4v) is 4.23. The largest absolute Gasteiger partial charge is 0.469 e. The number of hydrogen-bond acceptors (Lipinski definition) is 5. The van der Waals surface area contributed by atoms with E-state index in [-0.39, 0.29) is 30.7 Å². The molecule has 0 saturated carbocycles. The van der Waals surface area contributed by atoms with Gasteiger partial charge in [-0.2, -0.15) is 26.2 Å². The first-order valence-electron chi connectivity index (χ1n) is 8.13. The second-order valence-electron chi connectivity index (χ2n) is 5.99. The van der Waals surface area contributed by atoms with Gasteiger partial charge < -0.3 is 9.47 Å². The van der Waals surface area contributed by atoms with Crippen molar-refractivity contribution in [2.75, 3.05) is 20.2 Å². The van der Waals surface area contributed by atoms with Crippen LogP contribution in [-0.2, 0) is 19.7 Å². The summed E-state index contributed by atoms with van der Waals surface area (Å²) in [4.78, 5) is 11.5. The molecule has 10 heteroatoms. The Kier molecular flexibility index (Phi) is 6.90. The van der Waals surface area contributed by atoms with Gasteiger partial charge in [0.1, 0.15) is 5.75 Å². The molecule has 0 aromatic heterocycles. The minimum atomic E-state index is -3.74. The topological polar surface area (TPSA) is 84.9 Å². The number of rotatable bonds is 7. The zero-order valence-corrected chi connectivity index (χ0v) is 15.3. The van der Waals surface area contributed by atoms with Crippen LogP contribution in [0.3, 0.4) is 0 Å². The van der Waals surface area contributed by atoms with Crippen LogP contribution in [0.5, 0.6) is 5.75 Å². The van der Waals surface area contributed by atoms with E-state index in [0.717, 1.165) is 0 Å². The molecular formula is C16H22F2N2O5S. The van der Waals surface area contributed by atoms with Gasteiger partial charge in [-0.05, 0) is 37.5 Å². The Morgan fingerprint density at radius 3 is 2.31 bits per heavy atom. The second-order valence-corrected chi connectivity index (χ2v) is 7.69. The number of esters is 1. The summed E-state index contributed by atoms with van der Waals surface area (Å²) in [6.07, 6.45) is 0.809. The number of nitrogens with one attached hydrogen (secondary N) is 1. The first kappa shape index (κ1) is 20.5. The summed E-state index contributed by atoms with van der Waals surface area (Å²) in [7, 11) is -2.42. The van der Waals surface area contributed by atoms with Gasteiger partial charge in [-0.1, -0.05) is 12.1 Å². The Bertz CT molecular complexity index is 704. The Balaban J connectivity index is 1.95. The number of halogens is 2. The van der Waals surface area contributed by atoms with Crippen molar-refractivity contribution in [3.05, 3.63) is 29.8 Å². The molecule has 7 nitrogen and oxygen atoms in total. The lowest BCUT2D eigenvalue weighted by Gasteiger charge is -2.31. The predicted molar refractivity (Wildman–Crippen MR) is 89.9 cm³/mol. The van der Waals surface area contributed by atoms with Gasteiger partial charge in [-0.15, -0.1) is 0 Å². The maximum absolute atomic E-state index is 12.5. The summed E-state index contributed by atoms with van der Waals surface area (Å²) < 4.78 is 62.1. The van der Waals surface area contributed by atoms with Gasteiger partial charge in [-0.25, -0.2) is 0 Å². The third kappa shape index (κ3) is 5.36. The number of alkyl halides is 2. The molecule has 146 valence electrons. The van der Waals surface area contributed by atoms with E-state index in [0.29, 0.717) is 18.4 Å². The maximum atomic E-state index is 12.5. The van der Waals surface area contributed by atoms with E-state index in [1.807, 2.05) is 0 Å². The molecule has 26 heavy (non-hydrogen) atoms. The van der Waals surface area contributed by atoms with Gasteiger partial charge in [0, 0.05) is 19.1 Å². The molecule has 1 atom stereocenters. The van der Waals surface area contributed by atoms with E-state index in [4.69, 9.17) is 0 Å². The lowest BCUT2D eigenvalue weighted by atomic mass is 9.99. The molecule has 1 N–H and O–H groups in total. The minimum absolute atomic E-state index is 0.00342. The smallest absolute Gasteiger partial charge is 0.387 e. The first-order valence-corrected chi connectivity index (χ1v) is 9.57. The minimum Gasteiger partial charge on any atom is -0.469 e. The van der Waals surface area contributed by atoms with Crippen LogP contribution in [0.1, 0.15) is 31.4 Å². The summed E-state index contributed by atoms with van der Waals surface area (Å²) >= 11 is 0. The normalized spacial score (nSPS) is 17.9. The monoisotopic (exact) mass is 392 g/mol. The zero-order chi connectivity index (χ0) is 19.3. The number of benzene rings is 1. The predicted octanol–water partition coefficient (Wildman–Crippen LogP) is 2.07. The van der Waals surface area contributed by atoms with E-state index in [2.05, 4.69) is 14.2 Å². The van der Waals surface area contributed by atoms with E-state index in [1.165, 1.54) is 35.7 Å². The van der Waals surface area contributed by atoms with Crippen LogP contribution < -0.4 is 9.46 Å². The van der Waals surface area contributed by atoms with E-state index >= 15 is 0 Å². The fourth-order valence-electron chi connectivity index (χ4n) is 2.80. The summed E-state index contributed by atoms with van der Waals surface area (Å²) in [6.45, 7) is -0.807. The molecule has 0 spiro atoms. The van der Waals surface area contributed by atoms with Crippen LogP contribution in [0.25, 0.3) is 0 Å². The van der Waals surface area contributed by atoms with Crippen molar-refractivity contribution in [1.82, 2.24) is 9.03 Å². The molecule has 1 saturated heterocycles. The molecular weight excluding hydrogens is 370 g/mol. The number of ether oxygens (including phenoxy) is 2. The fraction of sp³-hybridized carbons (Fsp3) is 0.562. The van der Waals surface area contributed by atoms with Crippen LogP contribution in [-0.4, -0.2) is 45.5 Å². The Labute approximate surface area is 151 Å². The molecule has 0 aliphatic carbocycles. The highest BCUT2D eigenvalue weighted by atomic mass is 32.2. The van der Waals surface area contributed by atoms with Gasteiger partial charge in [0.25, 0.3) is 10.2 Å². The van der Waals surface area contributed by atoms with Crippen LogP contribution >= 0.6 is 0 Å². The molecule has 1 aromatic rings. The Morgan fingerprint density at radius 2 is 1.81 bits per heavy atom. The molecule has 0 unspecified atom stereocenters. The average molecular weight is 392 g/mol. The molecule has 1 fully saturated rings. The number of methoxy groups -OCH3 is 1. The lowest BCUT2D eigenvalue weighted by molar-refractivity contribution is -0.146. The Hall–Kier alpha value is -1.78. The quantitative estimate of drug-likeness (QED) is 0.718. The van der Waals surface area contributed by atoms with Crippen molar-refractivity contribution in [3.8, 4) is 5.75 Å². The summed E-state index contributed by atoms with van der Waals surface area (Å²) in [6, 6.07) is 5.20. The third-order valence-corrected chi connectivity index (χ3v) is 5.96. The van der Waals surface area contributed by atoms with E-state index in [1.54, 1.807) is 6.92 Å². The maximum Gasteiger partial charge on any atom is 0.387 e. The number of hydrogen-bond donors (Lipinski definition) is 1. The first-order chi connectivity index (χ1) is 12.2. The number of carbonyl (C=O) groups is 1. The molecule has 0 radical (unpaired) electrons. The SMILES string of the molecule is COC(=O)C1CCN(S(=O)(=O)N[C@H](C)c2ccc(OC(F)F)cc2)CC1. The van der Waals surface area contributed by atoms with Gasteiger partial charge >= 0.3 is 12.6 Å². The standard InChI is InChI=1S/C16H22F2N2O5S/c1-11(12-3-5-14(6-4-12)25-16(17)18)19-26(22,23)20-9-7-13(8-10-20)15(21)24-2/h3-6,11,13,16,19H,7-10H2,1-2H3/t11-/m1/s1. The van der Waals surface area contributed by atoms with Gasteiger partial charge in [-0.3, -0.25) is 4.79 Å². The number of carbonyl (C=O) groups excluding carboxylic acids is 1. The third-order valence-electron chi connectivity index (χ3n) is 4.26. The average Bonchev–Trinajstić information content (AvgIpc) is 2.61. The second kappa shape index (κ2) is 8.74. The van der Waals surface area contributed by atoms with Crippen molar-refractivity contribution in [2.24, 2.45) is 5.92 Å². The van der Waals surface area contributed by atoms with E-state index < -0.39 is 22.9 Å². The van der Waals surface area contributed by atoms with Crippen molar-refractivity contribution in [2.45, 2.75) is 32.4 Å². The van der Waals surface area contributed by atoms with Crippen molar-refractivity contribution in [1.29, 1.82) is 0 Å². The van der Waals surface area contributed by atoms with Crippen LogP contribution in [0, 0.1) is 5.92 Å². The van der Waals surface area contributed by atoms with Crippen LogP contribution in [0.2, 0.25) is 0 Å². The van der Waals surface area contributed by atoms with Gasteiger partial charge in [0.2, 0.25) is 0 Å².